The molecule has 1 unspecified atom stereocenters. The summed E-state index contributed by atoms with van der Waals surface area (Å²) < 4.78 is 5.48. The molecule has 0 aromatic heterocycles. The van der Waals surface area contributed by atoms with Crippen LogP contribution in [-0.4, -0.2) is 44.2 Å². The quantitative estimate of drug-likeness (QED) is 0.906. The molecule has 0 spiro atoms. The van der Waals surface area contributed by atoms with Gasteiger partial charge in [-0.25, -0.2) is 0 Å². The van der Waals surface area contributed by atoms with Crippen LogP contribution in [0.15, 0.2) is 18.2 Å². The second kappa shape index (κ2) is 7.46. The molecule has 4 heteroatoms. The molecular formula is C17H26N2O2. The molecule has 0 aliphatic carbocycles. The molecule has 2 rings (SSSR count). The lowest BCUT2D eigenvalue weighted by molar-refractivity contribution is 0.0388. The van der Waals surface area contributed by atoms with Gasteiger partial charge in [0.15, 0.2) is 0 Å². The fourth-order valence-corrected chi connectivity index (χ4v) is 2.83. The largest absolute Gasteiger partial charge is 0.385 e. The number of carbonyl (C=O) groups excluding carboxylic acids is 1. The molecule has 1 fully saturated rings. The molecule has 1 saturated heterocycles. The molecule has 0 radical (unpaired) electrons. The first-order valence-electron chi connectivity index (χ1n) is 7.79. The third-order valence-electron chi connectivity index (χ3n) is 3.97. The van der Waals surface area contributed by atoms with Crippen LogP contribution in [0.3, 0.4) is 0 Å². The number of benzene rings is 1. The van der Waals surface area contributed by atoms with Crippen LogP contribution in [0.5, 0.6) is 0 Å². The highest BCUT2D eigenvalue weighted by Gasteiger charge is 2.19. The lowest BCUT2D eigenvalue weighted by atomic mass is 10.0. The summed E-state index contributed by atoms with van der Waals surface area (Å²) in [7, 11) is 1.88. The Hall–Kier alpha value is -1.55. The standard InChI is InChI=1S/C17H26N2O2/c1-4-18-16-8-7-15(10-13(16)2)17(20)19(3)11-14-6-5-9-21-12-14/h7-8,10,14,18H,4-6,9,11-12H2,1-3H3. The zero-order chi connectivity index (χ0) is 15.2. The predicted octanol–water partition coefficient (Wildman–Crippen LogP) is 2.93. The van der Waals surface area contributed by atoms with Crippen LogP contribution in [0.25, 0.3) is 0 Å². The van der Waals surface area contributed by atoms with Crippen molar-refractivity contribution in [3.8, 4) is 0 Å². The van der Waals surface area contributed by atoms with Crippen molar-refractivity contribution in [2.24, 2.45) is 5.92 Å². The highest BCUT2D eigenvalue weighted by atomic mass is 16.5. The van der Waals surface area contributed by atoms with Crippen LogP contribution in [0.1, 0.15) is 35.7 Å². The molecule has 0 saturated carbocycles. The van der Waals surface area contributed by atoms with E-state index in [1.165, 1.54) is 0 Å². The topological polar surface area (TPSA) is 41.6 Å². The first-order valence-corrected chi connectivity index (χ1v) is 7.79. The molecule has 21 heavy (non-hydrogen) atoms. The minimum absolute atomic E-state index is 0.0896. The molecule has 0 bridgehead atoms. The van der Waals surface area contributed by atoms with Gasteiger partial charge in [0.1, 0.15) is 0 Å². The predicted molar refractivity (Wildman–Crippen MR) is 85.8 cm³/mol. The maximum Gasteiger partial charge on any atom is 0.253 e. The van der Waals surface area contributed by atoms with E-state index in [-0.39, 0.29) is 5.91 Å². The molecule has 1 aromatic rings. The lowest BCUT2D eigenvalue weighted by Gasteiger charge is -2.27. The van der Waals surface area contributed by atoms with E-state index in [0.29, 0.717) is 5.92 Å². The number of hydrogen-bond donors (Lipinski definition) is 1. The van der Waals surface area contributed by atoms with Gasteiger partial charge < -0.3 is 15.0 Å². The molecule has 1 atom stereocenters. The third-order valence-corrected chi connectivity index (χ3v) is 3.97. The molecule has 1 amide bonds. The van der Waals surface area contributed by atoms with Gasteiger partial charge in [0.25, 0.3) is 5.91 Å². The lowest BCUT2D eigenvalue weighted by Crippen LogP contribution is -2.35. The zero-order valence-corrected chi connectivity index (χ0v) is 13.3. The highest BCUT2D eigenvalue weighted by molar-refractivity contribution is 5.94. The Morgan fingerprint density at radius 3 is 2.90 bits per heavy atom. The number of ether oxygens (including phenoxy) is 1. The van der Waals surface area contributed by atoms with Crippen LogP contribution < -0.4 is 5.32 Å². The number of aryl methyl sites for hydroxylation is 1. The molecule has 1 heterocycles. The average molecular weight is 290 g/mol. The van der Waals surface area contributed by atoms with Crippen molar-refractivity contribution >= 4 is 11.6 Å². The SMILES string of the molecule is CCNc1ccc(C(=O)N(C)CC2CCCOC2)cc1C. The van der Waals surface area contributed by atoms with E-state index < -0.39 is 0 Å². The van der Waals surface area contributed by atoms with Crippen LogP contribution in [0, 0.1) is 12.8 Å². The smallest absolute Gasteiger partial charge is 0.253 e. The Kier molecular flexibility index (Phi) is 5.62. The van der Waals surface area contributed by atoms with Crippen molar-refractivity contribution in [1.29, 1.82) is 0 Å². The summed E-state index contributed by atoms with van der Waals surface area (Å²) in [6, 6.07) is 5.86. The molecule has 1 aliphatic heterocycles. The van der Waals surface area contributed by atoms with Gasteiger partial charge in [-0.15, -0.1) is 0 Å². The Labute approximate surface area is 127 Å². The van der Waals surface area contributed by atoms with Crippen LogP contribution in [0.4, 0.5) is 5.69 Å². The normalized spacial score (nSPS) is 18.3. The Balaban J connectivity index is 1.99. The summed E-state index contributed by atoms with van der Waals surface area (Å²) >= 11 is 0. The number of anilines is 1. The van der Waals surface area contributed by atoms with Crippen molar-refractivity contribution in [3.05, 3.63) is 29.3 Å². The van der Waals surface area contributed by atoms with E-state index in [1.807, 2.05) is 37.1 Å². The Morgan fingerprint density at radius 1 is 1.48 bits per heavy atom. The van der Waals surface area contributed by atoms with Crippen LogP contribution >= 0.6 is 0 Å². The summed E-state index contributed by atoms with van der Waals surface area (Å²) in [4.78, 5) is 14.3. The van der Waals surface area contributed by atoms with Crippen molar-refractivity contribution in [2.75, 3.05) is 38.7 Å². The number of rotatable bonds is 5. The van der Waals surface area contributed by atoms with Gasteiger partial charge in [-0.3, -0.25) is 4.79 Å². The molecule has 1 N–H and O–H groups in total. The third kappa shape index (κ3) is 4.21. The number of carbonyl (C=O) groups is 1. The second-order valence-electron chi connectivity index (χ2n) is 5.83. The molecule has 1 aliphatic rings. The monoisotopic (exact) mass is 290 g/mol. The minimum atomic E-state index is 0.0896. The molecule has 4 nitrogen and oxygen atoms in total. The summed E-state index contributed by atoms with van der Waals surface area (Å²) in [6.07, 6.45) is 2.25. The van der Waals surface area contributed by atoms with Crippen molar-refractivity contribution in [1.82, 2.24) is 4.90 Å². The average Bonchev–Trinajstić information content (AvgIpc) is 2.49. The van der Waals surface area contributed by atoms with Crippen LogP contribution in [-0.2, 0) is 4.74 Å². The summed E-state index contributed by atoms with van der Waals surface area (Å²) in [6.45, 7) is 7.39. The van der Waals surface area contributed by atoms with E-state index in [0.717, 1.165) is 56.0 Å². The van der Waals surface area contributed by atoms with Gasteiger partial charge >= 0.3 is 0 Å². The van der Waals surface area contributed by atoms with Crippen LogP contribution in [0.2, 0.25) is 0 Å². The maximum absolute atomic E-state index is 12.5. The minimum Gasteiger partial charge on any atom is -0.385 e. The number of amides is 1. The van der Waals surface area contributed by atoms with Crippen molar-refractivity contribution in [2.45, 2.75) is 26.7 Å². The zero-order valence-electron chi connectivity index (χ0n) is 13.3. The fraction of sp³-hybridized carbons (Fsp3) is 0.588. The molecular weight excluding hydrogens is 264 g/mol. The number of nitrogens with one attached hydrogen (secondary N) is 1. The Morgan fingerprint density at radius 2 is 2.29 bits per heavy atom. The second-order valence-corrected chi connectivity index (χ2v) is 5.83. The van der Waals surface area contributed by atoms with Gasteiger partial charge in [0.2, 0.25) is 0 Å². The first kappa shape index (κ1) is 15.8. The maximum atomic E-state index is 12.5. The van der Waals surface area contributed by atoms with Crippen molar-refractivity contribution in [3.63, 3.8) is 0 Å². The van der Waals surface area contributed by atoms with Gasteiger partial charge in [0.05, 0.1) is 6.61 Å². The van der Waals surface area contributed by atoms with Crippen molar-refractivity contribution < 1.29 is 9.53 Å². The summed E-state index contributed by atoms with van der Waals surface area (Å²) in [5, 5.41) is 3.30. The number of hydrogen-bond acceptors (Lipinski definition) is 3. The van der Waals surface area contributed by atoms with Gasteiger partial charge in [0, 0.05) is 38.0 Å². The van der Waals surface area contributed by atoms with Gasteiger partial charge in [-0.1, -0.05) is 0 Å². The highest BCUT2D eigenvalue weighted by Crippen LogP contribution is 2.19. The van der Waals surface area contributed by atoms with E-state index in [4.69, 9.17) is 4.74 Å². The Bertz CT molecular complexity index is 482. The van der Waals surface area contributed by atoms with E-state index in [2.05, 4.69) is 12.2 Å². The van der Waals surface area contributed by atoms with E-state index in [1.54, 1.807) is 0 Å². The van der Waals surface area contributed by atoms with Gasteiger partial charge in [-0.05, 0) is 56.4 Å². The summed E-state index contributed by atoms with van der Waals surface area (Å²) in [5.74, 6) is 0.557. The number of nitrogens with zero attached hydrogens (tertiary/aromatic N) is 1. The fourth-order valence-electron chi connectivity index (χ4n) is 2.83. The summed E-state index contributed by atoms with van der Waals surface area (Å²) in [5.41, 5.74) is 2.96. The van der Waals surface area contributed by atoms with E-state index >= 15 is 0 Å². The van der Waals surface area contributed by atoms with E-state index in [9.17, 15) is 4.79 Å². The molecule has 1 aromatic carbocycles. The first-order chi connectivity index (χ1) is 10.1. The molecule has 116 valence electrons. The van der Waals surface area contributed by atoms with Gasteiger partial charge in [-0.2, -0.15) is 0 Å².